The molecule has 0 unspecified atom stereocenters. The molecule has 19 heavy (non-hydrogen) atoms. The van der Waals surface area contributed by atoms with Crippen LogP contribution in [0.15, 0.2) is 27.1 Å². The molecule has 0 spiro atoms. The van der Waals surface area contributed by atoms with Crippen LogP contribution in [0, 0.1) is 6.92 Å². The van der Waals surface area contributed by atoms with E-state index >= 15 is 0 Å². The van der Waals surface area contributed by atoms with Gasteiger partial charge in [0.1, 0.15) is 5.82 Å². The lowest BCUT2D eigenvalue weighted by molar-refractivity contribution is 0.0780. The predicted octanol–water partition coefficient (Wildman–Crippen LogP) is 2.91. The first-order chi connectivity index (χ1) is 8.97. The highest BCUT2D eigenvalue weighted by Gasteiger charge is 2.16. The summed E-state index contributed by atoms with van der Waals surface area (Å²) in [6.45, 7) is 2.19. The maximum atomic E-state index is 12.3. The quantitative estimate of drug-likeness (QED) is 0.880. The minimum Gasteiger partial charge on any atom is -0.334 e. The summed E-state index contributed by atoms with van der Waals surface area (Å²) in [7, 11) is 1.72. The summed E-state index contributed by atoms with van der Waals surface area (Å²) >= 11 is 6.75. The second kappa shape index (κ2) is 5.83. The van der Waals surface area contributed by atoms with Crippen molar-refractivity contribution in [1.29, 1.82) is 0 Å². The first-order valence-corrected chi connectivity index (χ1v) is 7.14. The number of H-pyrrole nitrogens is 1. The summed E-state index contributed by atoms with van der Waals surface area (Å²) in [5.41, 5.74) is 0.609. The molecule has 1 aromatic heterocycles. The van der Waals surface area contributed by atoms with Gasteiger partial charge in [0.2, 0.25) is 0 Å². The molecule has 100 valence electrons. The van der Waals surface area contributed by atoms with Gasteiger partial charge in [-0.3, -0.25) is 9.89 Å². The first-order valence-electron chi connectivity index (χ1n) is 5.56. The van der Waals surface area contributed by atoms with Gasteiger partial charge < -0.3 is 4.90 Å². The molecule has 1 N–H and O–H groups in total. The van der Waals surface area contributed by atoms with Crippen LogP contribution >= 0.6 is 31.9 Å². The Morgan fingerprint density at radius 2 is 2.16 bits per heavy atom. The predicted molar refractivity (Wildman–Crippen MR) is 78.8 cm³/mol. The van der Waals surface area contributed by atoms with E-state index < -0.39 is 0 Å². The van der Waals surface area contributed by atoms with Crippen LogP contribution in [0.3, 0.4) is 0 Å². The fraction of sp³-hybridized carbons (Fsp3) is 0.250. The van der Waals surface area contributed by atoms with E-state index in [1.807, 2.05) is 19.1 Å². The summed E-state index contributed by atoms with van der Waals surface area (Å²) in [6.07, 6.45) is 0. The third-order valence-corrected chi connectivity index (χ3v) is 3.68. The molecular weight excluding hydrogens is 376 g/mol. The van der Waals surface area contributed by atoms with Crippen molar-refractivity contribution in [2.45, 2.75) is 13.5 Å². The van der Waals surface area contributed by atoms with Gasteiger partial charge in [-0.05, 0) is 41.1 Å². The van der Waals surface area contributed by atoms with Gasteiger partial charge in [-0.2, -0.15) is 5.10 Å². The maximum absolute atomic E-state index is 12.3. The fourth-order valence-corrected chi connectivity index (χ4v) is 2.83. The van der Waals surface area contributed by atoms with Gasteiger partial charge in [-0.25, -0.2) is 4.98 Å². The van der Waals surface area contributed by atoms with E-state index in [4.69, 9.17) is 0 Å². The zero-order chi connectivity index (χ0) is 14.0. The van der Waals surface area contributed by atoms with Crippen molar-refractivity contribution in [2.24, 2.45) is 0 Å². The molecule has 0 saturated carbocycles. The number of nitrogens with one attached hydrogen (secondary N) is 1. The normalized spacial score (nSPS) is 10.5. The number of hydrogen-bond donors (Lipinski definition) is 1. The van der Waals surface area contributed by atoms with Gasteiger partial charge >= 0.3 is 0 Å². The van der Waals surface area contributed by atoms with Crippen LogP contribution in [-0.2, 0) is 6.54 Å². The molecule has 0 bridgehead atoms. The number of amides is 1. The second-order valence-corrected chi connectivity index (χ2v) is 5.89. The lowest BCUT2D eigenvalue weighted by atomic mass is 10.2. The van der Waals surface area contributed by atoms with Crippen molar-refractivity contribution in [3.8, 4) is 0 Å². The maximum Gasteiger partial charge on any atom is 0.255 e. The van der Waals surface area contributed by atoms with Gasteiger partial charge in [0.25, 0.3) is 5.91 Å². The van der Waals surface area contributed by atoms with E-state index in [0.29, 0.717) is 17.9 Å². The largest absolute Gasteiger partial charge is 0.334 e. The van der Waals surface area contributed by atoms with Crippen molar-refractivity contribution in [3.05, 3.63) is 44.4 Å². The van der Waals surface area contributed by atoms with Gasteiger partial charge in [-0.15, -0.1) is 0 Å². The standard InChI is InChI=1S/C12H12Br2N4O/c1-7-15-11(17-16-7)6-18(2)12(19)9-4-3-8(13)5-10(9)14/h3-5H,6H2,1-2H3,(H,15,16,17). The average molecular weight is 388 g/mol. The Morgan fingerprint density at radius 1 is 1.42 bits per heavy atom. The fourth-order valence-electron chi connectivity index (χ4n) is 1.61. The van der Waals surface area contributed by atoms with Gasteiger partial charge in [-0.1, -0.05) is 15.9 Å². The van der Waals surface area contributed by atoms with Crippen molar-refractivity contribution in [3.63, 3.8) is 0 Å². The first kappa shape index (κ1) is 14.2. The van der Waals surface area contributed by atoms with Crippen molar-refractivity contribution in [1.82, 2.24) is 20.1 Å². The molecule has 1 aromatic carbocycles. The summed E-state index contributed by atoms with van der Waals surface area (Å²) in [5.74, 6) is 1.25. The van der Waals surface area contributed by atoms with Gasteiger partial charge in [0, 0.05) is 16.0 Å². The van der Waals surface area contributed by atoms with Crippen molar-refractivity contribution < 1.29 is 4.79 Å². The highest BCUT2D eigenvalue weighted by Crippen LogP contribution is 2.23. The van der Waals surface area contributed by atoms with Gasteiger partial charge in [0.15, 0.2) is 5.82 Å². The van der Waals surface area contributed by atoms with Gasteiger partial charge in [0.05, 0.1) is 12.1 Å². The number of hydrogen-bond acceptors (Lipinski definition) is 3. The molecule has 0 saturated heterocycles. The van der Waals surface area contributed by atoms with E-state index in [-0.39, 0.29) is 5.91 Å². The second-order valence-electron chi connectivity index (χ2n) is 4.12. The van der Waals surface area contributed by atoms with E-state index in [0.717, 1.165) is 14.8 Å². The number of rotatable bonds is 3. The Bertz CT molecular complexity index is 612. The highest BCUT2D eigenvalue weighted by atomic mass is 79.9. The molecule has 0 aliphatic heterocycles. The van der Waals surface area contributed by atoms with E-state index in [1.54, 1.807) is 18.0 Å². The van der Waals surface area contributed by atoms with Crippen LogP contribution in [0.2, 0.25) is 0 Å². The molecule has 2 aromatic rings. The average Bonchev–Trinajstić information content (AvgIpc) is 2.74. The number of carbonyl (C=O) groups is 1. The van der Waals surface area contributed by atoms with Crippen LogP contribution in [-0.4, -0.2) is 33.0 Å². The molecule has 5 nitrogen and oxygen atoms in total. The molecule has 0 radical (unpaired) electrons. The summed E-state index contributed by atoms with van der Waals surface area (Å²) in [6, 6.07) is 5.46. The SMILES string of the molecule is Cc1nc(CN(C)C(=O)c2ccc(Br)cc2Br)n[nH]1. The number of aryl methyl sites for hydroxylation is 1. The molecular formula is C12H12Br2N4O. The molecule has 7 heteroatoms. The minimum absolute atomic E-state index is 0.0816. The molecule has 0 atom stereocenters. The topological polar surface area (TPSA) is 61.9 Å². The molecule has 0 aliphatic carbocycles. The summed E-state index contributed by atoms with van der Waals surface area (Å²) < 4.78 is 1.67. The van der Waals surface area contributed by atoms with Crippen LogP contribution < -0.4 is 0 Å². The Kier molecular flexibility index (Phi) is 4.36. The smallest absolute Gasteiger partial charge is 0.255 e. The number of carbonyl (C=O) groups excluding carboxylic acids is 1. The van der Waals surface area contributed by atoms with E-state index in [1.165, 1.54) is 0 Å². The van der Waals surface area contributed by atoms with E-state index in [9.17, 15) is 4.79 Å². The summed E-state index contributed by atoms with van der Waals surface area (Å²) in [4.78, 5) is 18.1. The zero-order valence-electron chi connectivity index (χ0n) is 10.4. The molecule has 1 heterocycles. The third kappa shape index (κ3) is 3.42. The van der Waals surface area contributed by atoms with Crippen molar-refractivity contribution in [2.75, 3.05) is 7.05 Å². The van der Waals surface area contributed by atoms with Crippen LogP contribution in [0.1, 0.15) is 22.0 Å². The number of aromatic amines is 1. The zero-order valence-corrected chi connectivity index (χ0v) is 13.6. The molecule has 1 amide bonds. The Labute approximate surface area is 127 Å². The Hall–Kier alpha value is -1.21. The lowest BCUT2D eigenvalue weighted by Crippen LogP contribution is -2.27. The highest BCUT2D eigenvalue weighted by molar-refractivity contribution is 9.11. The van der Waals surface area contributed by atoms with Crippen LogP contribution in [0.4, 0.5) is 0 Å². The monoisotopic (exact) mass is 386 g/mol. The molecule has 0 fully saturated rings. The Morgan fingerprint density at radius 3 is 2.74 bits per heavy atom. The minimum atomic E-state index is -0.0816. The summed E-state index contributed by atoms with van der Waals surface area (Å²) in [5, 5.41) is 6.78. The number of aromatic nitrogens is 3. The van der Waals surface area contributed by atoms with E-state index in [2.05, 4.69) is 47.0 Å². The number of halogens is 2. The van der Waals surface area contributed by atoms with Crippen LogP contribution in [0.5, 0.6) is 0 Å². The lowest BCUT2D eigenvalue weighted by Gasteiger charge is -2.16. The third-order valence-electron chi connectivity index (χ3n) is 2.53. The van der Waals surface area contributed by atoms with Crippen LogP contribution in [0.25, 0.3) is 0 Å². The van der Waals surface area contributed by atoms with Crippen molar-refractivity contribution >= 4 is 37.8 Å². The Balaban J connectivity index is 2.14. The number of nitrogens with zero attached hydrogens (tertiary/aromatic N) is 3. The molecule has 0 aliphatic rings. The molecule has 2 rings (SSSR count). The number of benzene rings is 1.